The molecular formula is C21H27NO7. The van der Waals surface area contributed by atoms with E-state index in [9.17, 15) is 24.3 Å². The molecule has 1 amide bonds. The van der Waals surface area contributed by atoms with Gasteiger partial charge >= 0.3 is 11.9 Å². The summed E-state index contributed by atoms with van der Waals surface area (Å²) in [4.78, 5) is 49.4. The van der Waals surface area contributed by atoms with Crippen molar-refractivity contribution in [1.82, 2.24) is 0 Å². The van der Waals surface area contributed by atoms with Crippen LogP contribution in [-0.4, -0.2) is 47.6 Å². The second-order valence-corrected chi connectivity index (χ2v) is 7.29. The molecule has 8 heteroatoms. The lowest BCUT2D eigenvalue weighted by Gasteiger charge is -2.43. The minimum atomic E-state index is -1.69. The van der Waals surface area contributed by atoms with Gasteiger partial charge in [0.1, 0.15) is 5.92 Å². The Morgan fingerprint density at radius 3 is 2.17 bits per heavy atom. The molecule has 1 fully saturated rings. The lowest BCUT2D eigenvalue weighted by atomic mass is 9.61. The second kappa shape index (κ2) is 9.17. The lowest BCUT2D eigenvalue weighted by Crippen LogP contribution is -2.55. The molecule has 4 atom stereocenters. The number of hydrogen-bond acceptors (Lipinski definition) is 7. The van der Waals surface area contributed by atoms with Gasteiger partial charge in [0.2, 0.25) is 5.91 Å². The highest BCUT2D eigenvalue weighted by atomic mass is 16.5. The summed E-state index contributed by atoms with van der Waals surface area (Å²) in [7, 11) is 0. The predicted octanol–water partition coefficient (Wildman–Crippen LogP) is 1.81. The molecule has 0 saturated heterocycles. The highest BCUT2D eigenvalue weighted by Gasteiger charge is 2.57. The van der Waals surface area contributed by atoms with E-state index in [4.69, 9.17) is 9.47 Å². The van der Waals surface area contributed by atoms with Crippen molar-refractivity contribution in [2.24, 2.45) is 11.8 Å². The van der Waals surface area contributed by atoms with E-state index >= 15 is 0 Å². The molecular weight excluding hydrogens is 378 g/mol. The van der Waals surface area contributed by atoms with Gasteiger partial charge in [-0.1, -0.05) is 12.1 Å². The molecule has 29 heavy (non-hydrogen) atoms. The largest absolute Gasteiger partial charge is 0.466 e. The molecule has 1 aromatic carbocycles. The van der Waals surface area contributed by atoms with Crippen LogP contribution in [0.25, 0.3) is 0 Å². The number of ketones is 1. The Kier molecular flexibility index (Phi) is 7.13. The van der Waals surface area contributed by atoms with E-state index in [2.05, 4.69) is 5.32 Å². The fourth-order valence-corrected chi connectivity index (χ4v) is 3.87. The number of aliphatic hydroxyl groups is 1. The molecule has 1 saturated carbocycles. The van der Waals surface area contributed by atoms with Gasteiger partial charge in [0, 0.05) is 24.9 Å². The molecule has 1 aliphatic rings. The number of anilines is 1. The van der Waals surface area contributed by atoms with Crippen molar-refractivity contribution in [2.45, 2.75) is 45.6 Å². The van der Waals surface area contributed by atoms with Crippen molar-refractivity contribution in [3.63, 3.8) is 0 Å². The molecule has 0 aliphatic heterocycles. The van der Waals surface area contributed by atoms with Crippen molar-refractivity contribution < 1.29 is 33.8 Å². The monoisotopic (exact) mass is 405 g/mol. The van der Waals surface area contributed by atoms with Crippen LogP contribution in [0.1, 0.15) is 45.6 Å². The van der Waals surface area contributed by atoms with Gasteiger partial charge in [0.05, 0.1) is 24.7 Å². The van der Waals surface area contributed by atoms with Crippen molar-refractivity contribution in [3.8, 4) is 0 Å². The summed E-state index contributed by atoms with van der Waals surface area (Å²) in [5.41, 5.74) is -0.674. The van der Waals surface area contributed by atoms with E-state index in [1.807, 2.05) is 0 Å². The standard InChI is InChI=1S/C21H27NO7/c1-5-28-19(25)17-15(24)11-21(4,27)18(20(26)29-6-2)16(17)13-7-9-14(10-8-13)22-12(3)23/h7-10,16-18,27H,5-6,11H2,1-4H3,(H,22,23)/t16-,17-,18-,21-/m1/s1. The highest BCUT2D eigenvalue weighted by Crippen LogP contribution is 2.46. The van der Waals surface area contributed by atoms with E-state index in [1.54, 1.807) is 38.1 Å². The Balaban J connectivity index is 2.56. The topological polar surface area (TPSA) is 119 Å². The molecule has 8 nitrogen and oxygen atoms in total. The van der Waals surface area contributed by atoms with Crippen LogP contribution in [0.3, 0.4) is 0 Å². The van der Waals surface area contributed by atoms with E-state index in [0.717, 1.165) is 0 Å². The quantitative estimate of drug-likeness (QED) is 0.547. The van der Waals surface area contributed by atoms with E-state index in [1.165, 1.54) is 13.8 Å². The van der Waals surface area contributed by atoms with Gasteiger partial charge < -0.3 is 19.9 Å². The number of esters is 2. The number of carbonyl (C=O) groups excluding carboxylic acids is 4. The molecule has 0 aromatic heterocycles. The summed E-state index contributed by atoms with van der Waals surface area (Å²) in [5.74, 6) is -5.51. The average molecular weight is 405 g/mol. The minimum Gasteiger partial charge on any atom is -0.466 e. The maximum atomic E-state index is 12.8. The molecule has 0 heterocycles. The Bertz CT molecular complexity index is 785. The lowest BCUT2D eigenvalue weighted by molar-refractivity contribution is -0.172. The minimum absolute atomic E-state index is 0.0806. The summed E-state index contributed by atoms with van der Waals surface area (Å²) < 4.78 is 10.2. The highest BCUT2D eigenvalue weighted by molar-refractivity contribution is 6.02. The summed E-state index contributed by atoms with van der Waals surface area (Å²) in [6.07, 6.45) is -0.361. The van der Waals surface area contributed by atoms with Gasteiger partial charge in [-0.25, -0.2) is 0 Å². The fourth-order valence-electron chi connectivity index (χ4n) is 3.87. The number of hydrogen-bond donors (Lipinski definition) is 2. The molecule has 0 spiro atoms. The predicted molar refractivity (Wildman–Crippen MR) is 104 cm³/mol. The fraction of sp³-hybridized carbons (Fsp3) is 0.524. The molecule has 0 radical (unpaired) electrons. The SMILES string of the molecule is CCOC(=O)[C@@H]1C(=O)C[C@@](C)(O)[C@@H](C(=O)OCC)[C@@H]1c1ccc(NC(C)=O)cc1. The van der Waals surface area contributed by atoms with Crippen LogP contribution in [-0.2, 0) is 28.7 Å². The first-order valence-electron chi connectivity index (χ1n) is 9.58. The van der Waals surface area contributed by atoms with E-state index < -0.39 is 41.1 Å². The summed E-state index contributed by atoms with van der Waals surface area (Å²) >= 11 is 0. The maximum absolute atomic E-state index is 12.8. The van der Waals surface area contributed by atoms with Crippen LogP contribution in [0.5, 0.6) is 0 Å². The molecule has 1 aliphatic carbocycles. The third-order valence-corrected chi connectivity index (χ3v) is 4.96. The first-order chi connectivity index (χ1) is 13.6. The maximum Gasteiger partial charge on any atom is 0.317 e. The summed E-state index contributed by atoms with van der Waals surface area (Å²) in [5, 5.41) is 13.5. The number of amides is 1. The summed E-state index contributed by atoms with van der Waals surface area (Å²) in [6.45, 7) is 6.21. The first-order valence-corrected chi connectivity index (χ1v) is 9.58. The van der Waals surface area contributed by atoms with Crippen molar-refractivity contribution in [1.29, 1.82) is 0 Å². The van der Waals surface area contributed by atoms with Gasteiger partial charge in [-0.3, -0.25) is 19.2 Å². The Labute approximate surface area is 169 Å². The molecule has 2 N–H and O–H groups in total. The Morgan fingerprint density at radius 1 is 1.10 bits per heavy atom. The smallest absolute Gasteiger partial charge is 0.317 e. The molecule has 2 rings (SSSR count). The van der Waals surface area contributed by atoms with E-state index in [0.29, 0.717) is 11.3 Å². The van der Waals surface area contributed by atoms with E-state index in [-0.39, 0.29) is 25.5 Å². The number of Topliss-reactive ketones (excluding diaryl/α,β-unsaturated/α-hetero) is 1. The third kappa shape index (κ3) is 5.00. The number of carbonyl (C=O) groups is 4. The number of nitrogens with one attached hydrogen (secondary N) is 1. The van der Waals surface area contributed by atoms with Crippen LogP contribution in [0.2, 0.25) is 0 Å². The van der Waals surface area contributed by atoms with Crippen LogP contribution < -0.4 is 5.32 Å². The van der Waals surface area contributed by atoms with Crippen molar-refractivity contribution >= 4 is 29.3 Å². The average Bonchev–Trinajstić information content (AvgIpc) is 2.60. The first kappa shape index (κ1) is 22.5. The molecule has 158 valence electrons. The van der Waals surface area contributed by atoms with Crippen LogP contribution in [0, 0.1) is 11.8 Å². The zero-order valence-corrected chi connectivity index (χ0v) is 17.1. The zero-order valence-electron chi connectivity index (χ0n) is 17.1. The van der Waals surface area contributed by atoms with Crippen LogP contribution >= 0.6 is 0 Å². The van der Waals surface area contributed by atoms with Gasteiger partial charge in [0.25, 0.3) is 0 Å². The molecule has 0 bridgehead atoms. The van der Waals surface area contributed by atoms with Crippen LogP contribution in [0.15, 0.2) is 24.3 Å². The van der Waals surface area contributed by atoms with Crippen molar-refractivity contribution in [3.05, 3.63) is 29.8 Å². The number of rotatable bonds is 6. The third-order valence-electron chi connectivity index (χ3n) is 4.96. The number of benzene rings is 1. The summed E-state index contributed by atoms with van der Waals surface area (Å²) in [6, 6.07) is 6.44. The van der Waals surface area contributed by atoms with Gasteiger partial charge in [-0.15, -0.1) is 0 Å². The Hall–Kier alpha value is -2.74. The van der Waals surface area contributed by atoms with Crippen LogP contribution in [0.4, 0.5) is 5.69 Å². The Morgan fingerprint density at radius 2 is 1.66 bits per heavy atom. The van der Waals surface area contributed by atoms with Gasteiger partial charge in [0.15, 0.2) is 5.78 Å². The normalized spacial score (nSPS) is 26.5. The van der Waals surface area contributed by atoms with Gasteiger partial charge in [-0.2, -0.15) is 0 Å². The molecule has 0 unspecified atom stereocenters. The molecule has 1 aromatic rings. The number of ether oxygens (including phenoxy) is 2. The zero-order chi connectivity index (χ0) is 21.8. The van der Waals surface area contributed by atoms with Gasteiger partial charge in [-0.05, 0) is 38.5 Å². The van der Waals surface area contributed by atoms with Crippen molar-refractivity contribution in [2.75, 3.05) is 18.5 Å². The second-order valence-electron chi connectivity index (χ2n) is 7.29.